The van der Waals surface area contributed by atoms with Crippen molar-refractivity contribution in [2.24, 2.45) is 0 Å². The molecule has 0 aromatic rings. The molecule has 0 spiro atoms. The van der Waals surface area contributed by atoms with E-state index < -0.39 is 0 Å². The molecular weight excluding hydrogens is 121 g/mol. The maximum absolute atomic E-state index is 7.75. The molecule has 0 bridgehead atoms. The van der Waals surface area contributed by atoms with Gasteiger partial charge < -0.3 is 25.1 Å². The first-order valence-electron chi connectivity index (χ1n) is 0.931. The van der Waals surface area contributed by atoms with Crippen molar-refractivity contribution in [2.75, 3.05) is 0 Å². The summed E-state index contributed by atoms with van der Waals surface area (Å²) in [6.45, 7) is 6.00. The van der Waals surface area contributed by atoms with E-state index in [-0.39, 0.29) is 94.8 Å². The normalized spacial score (nSPS) is 5.14. The summed E-state index contributed by atoms with van der Waals surface area (Å²) in [5.74, 6) is 0. The van der Waals surface area contributed by atoms with Gasteiger partial charge in [0.1, 0.15) is 0 Å². The second-order valence-electron chi connectivity index (χ2n) is 0.566. The quantitative estimate of drug-likeness (QED) is 0.252. The van der Waals surface area contributed by atoms with Crippen molar-refractivity contribution in [3.05, 3.63) is 20.0 Å². The molecule has 0 heterocycles. The predicted molar refractivity (Wildman–Crippen MR) is 15.9 cm³/mol. The van der Waals surface area contributed by atoms with Crippen LogP contribution in [0, 0.1) is 20.0 Å². The van der Waals surface area contributed by atoms with E-state index in [4.69, 9.17) is 5.11 Å². The van der Waals surface area contributed by atoms with Crippen LogP contribution in [0.25, 0.3) is 0 Å². The predicted octanol–water partition coefficient (Wildman–Crippen LogP) is -8.43. The van der Waals surface area contributed by atoms with Crippen molar-refractivity contribution >= 4 is 0 Å². The van der Waals surface area contributed by atoms with Crippen LogP contribution in [0.2, 0.25) is 0 Å². The summed E-state index contributed by atoms with van der Waals surface area (Å²) in [6, 6.07) is 0. The number of aliphatic hydroxyl groups is 1. The van der Waals surface area contributed by atoms with Crippen LogP contribution in [0.5, 0.6) is 0 Å². The molecule has 0 saturated heterocycles. The van der Waals surface area contributed by atoms with Crippen LogP contribution >= 0.6 is 0 Å². The Labute approximate surface area is 112 Å². The van der Waals surface area contributed by atoms with Gasteiger partial charge in [-0.3, -0.25) is 0 Å². The average molecular weight is 126 g/mol. The van der Waals surface area contributed by atoms with Gasteiger partial charge in [-0.25, -0.2) is 0 Å². The van der Waals surface area contributed by atoms with Crippen molar-refractivity contribution in [2.45, 2.75) is 0 Å². The van der Waals surface area contributed by atoms with Crippen LogP contribution in [-0.2, 0) is 0 Å². The number of hydrogen-bond acceptors (Lipinski definition) is 1. The first kappa shape index (κ1) is 22.5. The van der Waals surface area contributed by atoms with Crippen LogP contribution in [0.1, 0.15) is 0 Å². The second-order valence-corrected chi connectivity index (χ2v) is 0.566. The van der Waals surface area contributed by atoms with Crippen LogP contribution in [-0.4, -0.2) is 5.11 Å². The Morgan fingerprint density at radius 3 is 1.00 bits per heavy atom. The van der Waals surface area contributed by atoms with Crippen LogP contribution in [0.15, 0.2) is 0 Å². The summed E-state index contributed by atoms with van der Waals surface area (Å²) < 4.78 is 0. The Balaban J connectivity index is -0.0000000150. The largest absolute Gasteiger partial charge is 1.00 e. The molecule has 0 fully saturated rings. The molecule has 26 valence electrons. The minimum atomic E-state index is -0.0833. The van der Waals surface area contributed by atoms with Gasteiger partial charge in [0.15, 0.2) is 0 Å². The maximum atomic E-state index is 7.75. The van der Waals surface area contributed by atoms with Gasteiger partial charge >= 0.3 is 88.7 Å². The number of aliphatic hydroxyl groups excluding tert-OH is 1. The van der Waals surface area contributed by atoms with Gasteiger partial charge in [0, 0.05) is 0 Å². The minimum absolute atomic E-state index is 0. The SMILES string of the molecule is [CH2-][C-]([CH2-])O.[Na+].[Na+].[Na+]. The summed E-state index contributed by atoms with van der Waals surface area (Å²) in [6.07, 6.45) is -0.0833. The van der Waals surface area contributed by atoms with E-state index in [0.29, 0.717) is 0 Å². The zero-order valence-corrected chi connectivity index (χ0v) is 11.4. The monoisotopic (exact) mass is 126 g/mol. The average Bonchev–Trinajstić information content (AvgIpc) is 0.811. The molecule has 0 aromatic carbocycles. The Morgan fingerprint density at radius 1 is 1.00 bits per heavy atom. The molecule has 0 aromatic heterocycles. The summed E-state index contributed by atoms with van der Waals surface area (Å²) in [5, 5.41) is 7.75. The van der Waals surface area contributed by atoms with E-state index in [9.17, 15) is 0 Å². The number of rotatable bonds is 0. The Bertz CT molecular complexity index is 14.9. The molecule has 0 unspecified atom stereocenters. The van der Waals surface area contributed by atoms with Crippen LogP contribution < -0.4 is 88.7 Å². The Kier molecular flexibility index (Phi) is 51.4. The third-order valence-electron chi connectivity index (χ3n) is 0. The fraction of sp³-hybridized carbons (Fsp3) is 0. The van der Waals surface area contributed by atoms with E-state index in [1.165, 1.54) is 0 Å². The molecule has 1 N–H and O–H groups in total. The summed E-state index contributed by atoms with van der Waals surface area (Å²) in [4.78, 5) is 0. The smallest absolute Gasteiger partial charge is 0.624 e. The van der Waals surface area contributed by atoms with Crippen molar-refractivity contribution in [3.8, 4) is 0 Å². The third-order valence-corrected chi connectivity index (χ3v) is 0. The van der Waals surface area contributed by atoms with Gasteiger partial charge in [0.25, 0.3) is 0 Å². The first-order chi connectivity index (χ1) is 1.73. The second kappa shape index (κ2) is 16.0. The van der Waals surface area contributed by atoms with Crippen LogP contribution in [0.4, 0.5) is 0 Å². The van der Waals surface area contributed by atoms with Crippen molar-refractivity contribution in [1.82, 2.24) is 0 Å². The zero-order chi connectivity index (χ0) is 3.58. The molecule has 0 saturated carbocycles. The van der Waals surface area contributed by atoms with Crippen LogP contribution in [0.3, 0.4) is 0 Å². The summed E-state index contributed by atoms with van der Waals surface area (Å²) >= 11 is 0. The topological polar surface area (TPSA) is 20.2 Å². The van der Waals surface area contributed by atoms with E-state index in [1.807, 2.05) is 0 Å². The molecular formula is C3H5Na3O. The zero-order valence-electron chi connectivity index (χ0n) is 5.36. The molecule has 0 atom stereocenters. The van der Waals surface area contributed by atoms with Gasteiger partial charge in [0.2, 0.25) is 0 Å². The van der Waals surface area contributed by atoms with Gasteiger partial charge in [-0.2, -0.15) is 0 Å². The van der Waals surface area contributed by atoms with Gasteiger partial charge in [0.05, 0.1) is 0 Å². The molecule has 0 aliphatic carbocycles. The van der Waals surface area contributed by atoms with E-state index >= 15 is 0 Å². The van der Waals surface area contributed by atoms with Gasteiger partial charge in [-0.15, -0.1) is 0 Å². The van der Waals surface area contributed by atoms with Crippen molar-refractivity contribution in [1.29, 1.82) is 0 Å². The van der Waals surface area contributed by atoms with E-state index in [0.717, 1.165) is 0 Å². The maximum Gasteiger partial charge on any atom is 1.00 e. The fourth-order valence-electron chi connectivity index (χ4n) is 0. The molecule has 7 heavy (non-hydrogen) atoms. The molecule has 4 heteroatoms. The van der Waals surface area contributed by atoms with Gasteiger partial charge in [-0.05, 0) is 0 Å². The molecule has 0 aliphatic heterocycles. The van der Waals surface area contributed by atoms with Crippen molar-refractivity contribution in [3.63, 3.8) is 0 Å². The van der Waals surface area contributed by atoms with E-state index in [1.54, 1.807) is 0 Å². The molecule has 1 nitrogen and oxygen atoms in total. The fourth-order valence-corrected chi connectivity index (χ4v) is 0. The van der Waals surface area contributed by atoms with Crippen molar-refractivity contribution < 1.29 is 93.8 Å². The van der Waals surface area contributed by atoms with E-state index in [2.05, 4.69) is 13.8 Å². The molecule has 0 radical (unpaired) electrons. The third kappa shape index (κ3) is 49.5. The first-order valence-corrected chi connectivity index (χ1v) is 0.931. The van der Waals surface area contributed by atoms with Gasteiger partial charge in [-0.1, -0.05) is 0 Å². The molecule has 0 amide bonds. The Morgan fingerprint density at radius 2 is 1.00 bits per heavy atom. The summed E-state index contributed by atoms with van der Waals surface area (Å²) in [7, 11) is 0. The standard InChI is InChI=1S/C3H5O.3Na/c1-3(2)4;;;/h4H,1-2H2;;;/q-3;3*+1. The summed E-state index contributed by atoms with van der Waals surface area (Å²) in [5.41, 5.74) is 0. The Hall–Kier alpha value is 2.96. The molecule has 0 rings (SSSR count). The minimum Gasteiger partial charge on any atom is -0.624 e. The number of hydrogen-bond donors (Lipinski definition) is 1. The molecule has 0 aliphatic rings.